The fraction of sp³-hybridized carbons (Fsp3) is 0.529. The van der Waals surface area contributed by atoms with E-state index in [1.807, 2.05) is 0 Å². The minimum Gasteiger partial charge on any atom is -0.355 e. The summed E-state index contributed by atoms with van der Waals surface area (Å²) in [5.41, 5.74) is 2.32. The molecule has 1 fully saturated rings. The summed E-state index contributed by atoms with van der Waals surface area (Å²) in [6, 6.07) is 6.45. The van der Waals surface area contributed by atoms with E-state index in [1.165, 1.54) is 36.0 Å². The number of aryl methyl sites for hydroxylation is 1. The highest BCUT2D eigenvalue weighted by molar-refractivity contribution is 7.99. The van der Waals surface area contributed by atoms with Crippen molar-refractivity contribution >= 4 is 28.5 Å². The maximum absolute atomic E-state index is 4.61. The summed E-state index contributed by atoms with van der Waals surface area (Å²) in [5.74, 6) is 2.31. The van der Waals surface area contributed by atoms with Crippen LogP contribution in [0.5, 0.6) is 0 Å². The fourth-order valence-electron chi connectivity index (χ4n) is 3.08. The molecule has 2 heterocycles. The molecule has 112 valence electrons. The molecule has 1 aliphatic heterocycles. The van der Waals surface area contributed by atoms with Crippen molar-refractivity contribution in [3.8, 4) is 0 Å². The van der Waals surface area contributed by atoms with Crippen molar-refractivity contribution in [2.24, 2.45) is 0 Å². The minimum atomic E-state index is 0.729. The van der Waals surface area contributed by atoms with E-state index in [2.05, 4.69) is 58.7 Å². The molecule has 1 aliphatic rings. The third-order valence-electron chi connectivity index (χ3n) is 4.10. The summed E-state index contributed by atoms with van der Waals surface area (Å²) in [5, 5.41) is 1.92. The van der Waals surface area contributed by atoms with Gasteiger partial charge in [-0.05, 0) is 37.7 Å². The van der Waals surface area contributed by atoms with E-state index in [1.54, 1.807) is 6.33 Å². The Morgan fingerprint density at radius 1 is 1.29 bits per heavy atom. The van der Waals surface area contributed by atoms with Crippen molar-refractivity contribution in [1.82, 2.24) is 9.97 Å². The van der Waals surface area contributed by atoms with E-state index in [0.29, 0.717) is 0 Å². The van der Waals surface area contributed by atoms with Gasteiger partial charge >= 0.3 is 0 Å². The van der Waals surface area contributed by atoms with Crippen molar-refractivity contribution in [2.75, 3.05) is 23.7 Å². The molecule has 1 aromatic heterocycles. The maximum Gasteiger partial charge on any atom is 0.139 e. The maximum atomic E-state index is 4.61. The van der Waals surface area contributed by atoms with Gasteiger partial charge < -0.3 is 4.90 Å². The number of fused-ring (bicyclic) bond motifs is 1. The zero-order chi connectivity index (χ0) is 14.7. The lowest BCUT2D eigenvalue weighted by Crippen LogP contribution is -2.30. The second kappa shape index (κ2) is 6.65. The Kier molecular flexibility index (Phi) is 4.63. The Morgan fingerprint density at radius 2 is 2.19 bits per heavy atom. The average molecular weight is 301 g/mol. The summed E-state index contributed by atoms with van der Waals surface area (Å²) in [6.07, 6.45) is 5.63. The van der Waals surface area contributed by atoms with Crippen LogP contribution >= 0.6 is 11.8 Å². The van der Waals surface area contributed by atoms with Gasteiger partial charge in [-0.15, -0.1) is 0 Å². The molecule has 0 N–H and O–H groups in total. The molecular weight excluding hydrogens is 278 g/mol. The summed E-state index contributed by atoms with van der Waals surface area (Å²) >= 11 is 2.09. The van der Waals surface area contributed by atoms with Crippen LogP contribution in [0.25, 0.3) is 10.9 Å². The van der Waals surface area contributed by atoms with Gasteiger partial charge in [-0.3, -0.25) is 0 Å². The molecule has 2 aromatic rings. The highest BCUT2D eigenvalue weighted by Crippen LogP contribution is 2.29. The molecule has 1 atom stereocenters. The van der Waals surface area contributed by atoms with Gasteiger partial charge in [0.1, 0.15) is 12.1 Å². The molecule has 1 saturated heterocycles. The number of rotatable bonds is 3. The van der Waals surface area contributed by atoms with Crippen LogP contribution in [-0.2, 0) is 0 Å². The van der Waals surface area contributed by atoms with Gasteiger partial charge in [-0.2, -0.15) is 11.8 Å². The first kappa shape index (κ1) is 14.6. The van der Waals surface area contributed by atoms with Gasteiger partial charge in [0.15, 0.2) is 0 Å². The number of anilines is 1. The topological polar surface area (TPSA) is 29.0 Å². The molecule has 3 rings (SSSR count). The molecule has 0 radical (unpaired) electrons. The number of benzene rings is 1. The fourth-order valence-corrected chi connectivity index (χ4v) is 4.17. The highest BCUT2D eigenvalue weighted by atomic mass is 32.2. The van der Waals surface area contributed by atoms with Crippen molar-refractivity contribution < 1.29 is 0 Å². The first-order valence-corrected chi connectivity index (χ1v) is 8.90. The van der Waals surface area contributed by atoms with Crippen molar-refractivity contribution in [1.29, 1.82) is 0 Å². The standard InChI is InChI=1S/C17H23N3S/c1-3-21-14-6-4-5-9-20(11-14)17-15-10-13(2)7-8-16(15)18-12-19-17/h7-8,10,12,14H,3-6,9,11H2,1-2H3. The van der Waals surface area contributed by atoms with Crippen LogP contribution < -0.4 is 4.90 Å². The third kappa shape index (κ3) is 3.31. The first-order valence-electron chi connectivity index (χ1n) is 7.86. The molecule has 1 aromatic carbocycles. The second-order valence-electron chi connectivity index (χ2n) is 5.74. The van der Waals surface area contributed by atoms with Crippen LogP contribution in [0.3, 0.4) is 0 Å². The average Bonchev–Trinajstić information content (AvgIpc) is 2.72. The normalized spacial score (nSPS) is 19.7. The molecule has 21 heavy (non-hydrogen) atoms. The Bertz CT molecular complexity index is 614. The van der Waals surface area contributed by atoms with Gasteiger partial charge in [-0.25, -0.2) is 9.97 Å². The molecule has 1 unspecified atom stereocenters. The van der Waals surface area contributed by atoms with Crippen LogP contribution in [0.4, 0.5) is 5.82 Å². The summed E-state index contributed by atoms with van der Waals surface area (Å²) in [4.78, 5) is 11.5. The molecular formula is C17H23N3S. The lowest BCUT2D eigenvalue weighted by Gasteiger charge is -2.26. The van der Waals surface area contributed by atoms with E-state index >= 15 is 0 Å². The summed E-state index contributed by atoms with van der Waals surface area (Å²) < 4.78 is 0. The summed E-state index contributed by atoms with van der Waals surface area (Å²) in [6.45, 7) is 6.61. The smallest absolute Gasteiger partial charge is 0.139 e. The van der Waals surface area contributed by atoms with E-state index in [-0.39, 0.29) is 0 Å². The Morgan fingerprint density at radius 3 is 3.05 bits per heavy atom. The molecule has 0 spiro atoms. The zero-order valence-corrected chi connectivity index (χ0v) is 13.7. The van der Waals surface area contributed by atoms with E-state index in [9.17, 15) is 0 Å². The predicted molar refractivity (Wildman–Crippen MR) is 92.3 cm³/mol. The predicted octanol–water partition coefficient (Wildman–Crippen LogP) is 4.05. The highest BCUT2D eigenvalue weighted by Gasteiger charge is 2.20. The minimum absolute atomic E-state index is 0.729. The van der Waals surface area contributed by atoms with Crippen LogP contribution in [0.1, 0.15) is 31.7 Å². The molecule has 0 bridgehead atoms. The number of hydrogen-bond donors (Lipinski definition) is 0. The van der Waals surface area contributed by atoms with Gasteiger partial charge in [0.2, 0.25) is 0 Å². The molecule has 4 heteroatoms. The SMILES string of the molecule is CCSC1CCCCN(c2ncnc3ccc(C)cc23)C1. The van der Waals surface area contributed by atoms with E-state index in [4.69, 9.17) is 0 Å². The third-order valence-corrected chi connectivity index (χ3v) is 5.29. The monoisotopic (exact) mass is 301 g/mol. The lowest BCUT2D eigenvalue weighted by molar-refractivity contribution is 0.735. The Labute approximate surface area is 131 Å². The van der Waals surface area contributed by atoms with Gasteiger partial charge in [0, 0.05) is 23.7 Å². The Hall–Kier alpha value is -1.29. The van der Waals surface area contributed by atoms with Gasteiger partial charge in [0.25, 0.3) is 0 Å². The van der Waals surface area contributed by atoms with Crippen LogP contribution in [0.15, 0.2) is 24.5 Å². The quantitative estimate of drug-likeness (QED) is 0.855. The largest absolute Gasteiger partial charge is 0.355 e. The molecule has 0 amide bonds. The first-order chi connectivity index (χ1) is 10.3. The van der Waals surface area contributed by atoms with Crippen molar-refractivity contribution in [3.05, 3.63) is 30.1 Å². The Balaban J connectivity index is 1.96. The number of aromatic nitrogens is 2. The molecule has 3 nitrogen and oxygen atoms in total. The molecule has 0 aliphatic carbocycles. The van der Waals surface area contributed by atoms with Crippen LogP contribution in [-0.4, -0.2) is 34.1 Å². The van der Waals surface area contributed by atoms with Gasteiger partial charge in [-0.1, -0.05) is 25.0 Å². The number of nitrogens with zero attached hydrogens (tertiary/aromatic N) is 3. The van der Waals surface area contributed by atoms with Crippen LogP contribution in [0, 0.1) is 6.92 Å². The van der Waals surface area contributed by atoms with Crippen molar-refractivity contribution in [3.63, 3.8) is 0 Å². The van der Waals surface area contributed by atoms with E-state index in [0.717, 1.165) is 29.7 Å². The number of hydrogen-bond acceptors (Lipinski definition) is 4. The second-order valence-corrected chi connectivity index (χ2v) is 7.31. The zero-order valence-electron chi connectivity index (χ0n) is 12.9. The lowest BCUT2D eigenvalue weighted by atomic mass is 10.1. The van der Waals surface area contributed by atoms with Gasteiger partial charge in [0.05, 0.1) is 5.52 Å². The summed E-state index contributed by atoms with van der Waals surface area (Å²) in [7, 11) is 0. The van der Waals surface area contributed by atoms with Crippen molar-refractivity contribution in [2.45, 2.75) is 38.4 Å². The van der Waals surface area contributed by atoms with Crippen LogP contribution in [0.2, 0.25) is 0 Å². The molecule has 0 saturated carbocycles. The van der Waals surface area contributed by atoms with E-state index < -0.39 is 0 Å². The number of thioether (sulfide) groups is 1.